The fraction of sp³-hybridized carbons (Fsp3) is 0.571. The van der Waals surface area contributed by atoms with Crippen LogP contribution in [0.1, 0.15) is 12.5 Å². The van der Waals surface area contributed by atoms with Crippen LogP contribution in [0.2, 0.25) is 0 Å². The van der Waals surface area contributed by atoms with E-state index >= 15 is 0 Å². The summed E-state index contributed by atoms with van der Waals surface area (Å²) in [4.78, 5) is 0.589. The van der Waals surface area contributed by atoms with Crippen molar-refractivity contribution in [2.45, 2.75) is 36.4 Å². The molecule has 6 nitrogen and oxygen atoms in total. The molecular formula is C14H22O6S2. The van der Waals surface area contributed by atoms with Gasteiger partial charge in [0.25, 0.3) is 10.1 Å². The number of hydrogen-bond donors (Lipinski definition) is 0. The highest BCUT2D eigenvalue weighted by molar-refractivity contribution is 7.86. The third kappa shape index (κ3) is 5.44. The van der Waals surface area contributed by atoms with Gasteiger partial charge in [-0.1, -0.05) is 17.7 Å². The van der Waals surface area contributed by atoms with Crippen molar-refractivity contribution in [1.82, 2.24) is 0 Å². The molecular weight excluding hydrogens is 328 g/mol. The van der Waals surface area contributed by atoms with Crippen LogP contribution in [0.4, 0.5) is 0 Å². The fourth-order valence-electron chi connectivity index (χ4n) is 1.92. The molecule has 0 N–H and O–H groups in total. The monoisotopic (exact) mass is 350 g/mol. The summed E-state index contributed by atoms with van der Waals surface area (Å²) in [5, 5.41) is -0.651. The summed E-state index contributed by atoms with van der Waals surface area (Å²) in [6.45, 7) is 3.56. The highest BCUT2D eigenvalue weighted by Gasteiger charge is 2.35. The summed E-state index contributed by atoms with van der Waals surface area (Å²) >= 11 is 0. The Morgan fingerprint density at radius 1 is 1.09 bits per heavy atom. The van der Waals surface area contributed by atoms with Crippen molar-refractivity contribution in [3.05, 3.63) is 29.8 Å². The van der Waals surface area contributed by atoms with Gasteiger partial charge in [-0.05, 0) is 26.0 Å². The summed E-state index contributed by atoms with van der Waals surface area (Å²) in [5.74, 6) is 0. The maximum Gasteiger partial charge on any atom is 0.264 e. The maximum atomic E-state index is 12.6. The quantitative estimate of drug-likeness (QED) is 0.522. The number of methoxy groups -OCH3 is 2. The van der Waals surface area contributed by atoms with Gasteiger partial charge in [0.15, 0.2) is 6.29 Å². The van der Waals surface area contributed by atoms with Crippen LogP contribution >= 0.6 is 0 Å². The van der Waals surface area contributed by atoms with Crippen LogP contribution in [0.5, 0.6) is 0 Å². The van der Waals surface area contributed by atoms with Crippen LogP contribution < -0.4 is 0 Å². The summed E-state index contributed by atoms with van der Waals surface area (Å²) in [6, 6.07) is 7.18. The third-order valence-electron chi connectivity index (χ3n) is 3.07. The van der Waals surface area contributed by atoms with Gasteiger partial charge in [0.05, 0.1) is 22.3 Å². The molecule has 3 atom stereocenters. The molecule has 0 aliphatic carbocycles. The standard InChI is InChI=1S/C14H22O6S2/c1-10-6-8-12(9-7-10)21(15)11(2)13(14(18-3)19-4)20-22(5,16)17/h6-9,11,13-14H,1-5H3/t11-,13-,21?/m0/s1. The molecule has 0 spiro atoms. The average Bonchev–Trinajstić information content (AvgIpc) is 2.45. The van der Waals surface area contributed by atoms with Gasteiger partial charge in [-0.25, -0.2) is 0 Å². The van der Waals surface area contributed by atoms with E-state index in [-0.39, 0.29) is 0 Å². The van der Waals surface area contributed by atoms with Crippen LogP contribution in [0.15, 0.2) is 29.2 Å². The first-order chi connectivity index (χ1) is 10.2. The minimum atomic E-state index is -3.75. The number of rotatable bonds is 8. The predicted octanol–water partition coefficient (Wildman–Crippen LogP) is 1.45. The molecule has 126 valence electrons. The normalized spacial score (nSPS) is 16.5. The Morgan fingerprint density at radius 3 is 2.00 bits per heavy atom. The lowest BCUT2D eigenvalue weighted by Crippen LogP contribution is -2.43. The van der Waals surface area contributed by atoms with Crippen LogP contribution in [0.3, 0.4) is 0 Å². The van der Waals surface area contributed by atoms with Crippen molar-refractivity contribution in [1.29, 1.82) is 0 Å². The molecule has 0 heterocycles. The largest absolute Gasteiger partial charge is 0.353 e. The van der Waals surface area contributed by atoms with Crippen molar-refractivity contribution >= 4 is 20.9 Å². The SMILES string of the molecule is COC(OC)[C@@H](OS(C)(=O)=O)[C@H](C)S(=O)c1ccc(C)cc1. The number of benzene rings is 1. The lowest BCUT2D eigenvalue weighted by molar-refractivity contribution is -0.154. The molecule has 0 aromatic heterocycles. The lowest BCUT2D eigenvalue weighted by atomic mass is 10.2. The molecule has 0 aliphatic rings. The second-order valence-corrected chi connectivity index (χ2v) is 8.33. The first-order valence-corrected chi connectivity index (χ1v) is 9.63. The fourth-order valence-corrected chi connectivity index (χ4v) is 3.91. The molecule has 0 saturated heterocycles. The van der Waals surface area contributed by atoms with Gasteiger partial charge in [-0.3, -0.25) is 8.39 Å². The van der Waals surface area contributed by atoms with Gasteiger partial charge in [0, 0.05) is 19.1 Å². The molecule has 22 heavy (non-hydrogen) atoms. The van der Waals surface area contributed by atoms with E-state index in [2.05, 4.69) is 0 Å². The minimum Gasteiger partial charge on any atom is -0.353 e. The number of aryl methyl sites for hydroxylation is 1. The van der Waals surface area contributed by atoms with Crippen molar-refractivity contribution in [3.8, 4) is 0 Å². The van der Waals surface area contributed by atoms with Gasteiger partial charge < -0.3 is 9.47 Å². The van der Waals surface area contributed by atoms with Crippen molar-refractivity contribution < 1.29 is 26.3 Å². The molecule has 0 amide bonds. The second-order valence-electron chi connectivity index (χ2n) is 4.92. The van der Waals surface area contributed by atoms with Crippen LogP contribution in [-0.4, -0.2) is 50.7 Å². The van der Waals surface area contributed by atoms with Gasteiger partial charge in [0.1, 0.15) is 6.10 Å². The number of hydrogen-bond acceptors (Lipinski definition) is 6. The average molecular weight is 350 g/mol. The maximum absolute atomic E-state index is 12.6. The highest BCUT2D eigenvalue weighted by atomic mass is 32.2. The molecule has 1 unspecified atom stereocenters. The third-order valence-corrected chi connectivity index (χ3v) is 5.32. The molecule has 0 aliphatic heterocycles. The Morgan fingerprint density at radius 2 is 1.59 bits per heavy atom. The van der Waals surface area contributed by atoms with Gasteiger partial charge in [0.2, 0.25) is 0 Å². The van der Waals surface area contributed by atoms with E-state index in [0.717, 1.165) is 11.8 Å². The van der Waals surface area contributed by atoms with E-state index in [1.54, 1.807) is 19.1 Å². The van der Waals surface area contributed by atoms with Crippen molar-refractivity contribution in [3.63, 3.8) is 0 Å². The van der Waals surface area contributed by atoms with Gasteiger partial charge in [-0.2, -0.15) is 8.42 Å². The van der Waals surface area contributed by atoms with Crippen molar-refractivity contribution in [2.24, 2.45) is 0 Å². The van der Waals surface area contributed by atoms with Crippen LogP contribution in [0, 0.1) is 6.92 Å². The Bertz CT molecular complexity index is 592. The molecule has 0 bridgehead atoms. The van der Waals surface area contributed by atoms with E-state index < -0.39 is 38.6 Å². The Balaban J connectivity index is 3.06. The van der Waals surface area contributed by atoms with E-state index in [0.29, 0.717) is 4.90 Å². The minimum absolute atomic E-state index is 0.589. The summed E-state index contributed by atoms with van der Waals surface area (Å²) in [7, 11) is -2.49. The lowest BCUT2D eigenvalue weighted by Gasteiger charge is -2.28. The molecule has 1 aromatic rings. The molecule has 8 heteroatoms. The van der Waals surface area contributed by atoms with E-state index in [1.807, 2.05) is 19.1 Å². The Labute approximate surface area is 134 Å². The van der Waals surface area contributed by atoms with Crippen LogP contribution in [0.25, 0.3) is 0 Å². The molecule has 0 fully saturated rings. The summed E-state index contributed by atoms with van der Waals surface area (Å²) in [6.07, 6.45) is -1.03. The topological polar surface area (TPSA) is 78.9 Å². The number of ether oxygens (including phenoxy) is 2. The zero-order valence-electron chi connectivity index (χ0n) is 13.3. The first-order valence-electron chi connectivity index (χ1n) is 6.60. The molecule has 0 radical (unpaired) electrons. The van der Waals surface area contributed by atoms with Crippen molar-refractivity contribution in [2.75, 3.05) is 20.5 Å². The first kappa shape index (κ1) is 19.2. The van der Waals surface area contributed by atoms with Gasteiger partial charge in [-0.15, -0.1) is 0 Å². The van der Waals surface area contributed by atoms with Gasteiger partial charge >= 0.3 is 0 Å². The van der Waals surface area contributed by atoms with E-state index in [9.17, 15) is 12.6 Å². The van der Waals surface area contributed by atoms with Crippen LogP contribution in [-0.2, 0) is 34.6 Å². The second kappa shape index (κ2) is 8.16. The zero-order chi connectivity index (χ0) is 16.9. The summed E-state index contributed by atoms with van der Waals surface area (Å²) in [5.41, 5.74) is 1.05. The molecule has 0 saturated carbocycles. The zero-order valence-corrected chi connectivity index (χ0v) is 14.9. The van der Waals surface area contributed by atoms with E-state index in [4.69, 9.17) is 13.7 Å². The smallest absolute Gasteiger partial charge is 0.264 e. The highest BCUT2D eigenvalue weighted by Crippen LogP contribution is 2.21. The Hall–Kier alpha value is -0.800. The Kier molecular flexibility index (Phi) is 7.14. The summed E-state index contributed by atoms with van der Waals surface area (Å²) < 4.78 is 50.8. The molecule has 1 aromatic carbocycles. The molecule has 1 rings (SSSR count). The van der Waals surface area contributed by atoms with E-state index in [1.165, 1.54) is 14.2 Å². The predicted molar refractivity (Wildman–Crippen MR) is 84.6 cm³/mol.